The van der Waals surface area contributed by atoms with Crippen molar-refractivity contribution >= 4 is 21.8 Å². The quantitative estimate of drug-likeness (QED) is 0.854. The van der Waals surface area contributed by atoms with Crippen LogP contribution in [0.15, 0.2) is 29.2 Å². The summed E-state index contributed by atoms with van der Waals surface area (Å²) >= 11 is 1.87. The van der Waals surface area contributed by atoms with Crippen molar-refractivity contribution < 1.29 is 13.5 Å². The molecule has 2 rings (SSSR count). The molecule has 1 aliphatic heterocycles. The lowest BCUT2D eigenvalue weighted by Crippen LogP contribution is -2.29. The zero-order valence-corrected chi connectivity index (χ0v) is 11.6. The maximum absolute atomic E-state index is 12.0. The van der Waals surface area contributed by atoms with E-state index in [4.69, 9.17) is 5.11 Å². The van der Waals surface area contributed by atoms with Crippen LogP contribution in [0.1, 0.15) is 12.0 Å². The second-order valence-electron chi connectivity index (χ2n) is 4.38. The van der Waals surface area contributed by atoms with Crippen molar-refractivity contribution in [1.82, 2.24) is 4.72 Å². The van der Waals surface area contributed by atoms with Crippen LogP contribution in [0.3, 0.4) is 0 Å². The van der Waals surface area contributed by atoms with Gasteiger partial charge in [-0.3, -0.25) is 0 Å². The summed E-state index contributed by atoms with van der Waals surface area (Å²) in [5.41, 5.74) is 0.709. The van der Waals surface area contributed by atoms with Crippen molar-refractivity contribution in [1.29, 1.82) is 0 Å². The van der Waals surface area contributed by atoms with E-state index >= 15 is 0 Å². The van der Waals surface area contributed by atoms with E-state index in [1.807, 2.05) is 11.8 Å². The molecule has 0 amide bonds. The van der Waals surface area contributed by atoms with Gasteiger partial charge in [0.25, 0.3) is 0 Å². The molecule has 1 fully saturated rings. The van der Waals surface area contributed by atoms with E-state index in [1.54, 1.807) is 12.1 Å². The van der Waals surface area contributed by atoms with Gasteiger partial charge in [-0.25, -0.2) is 13.1 Å². The Hall–Kier alpha value is -0.560. The molecule has 0 saturated carbocycles. The lowest BCUT2D eigenvalue weighted by molar-refractivity contribution is 0.282. The number of benzene rings is 1. The zero-order chi connectivity index (χ0) is 13.0. The fourth-order valence-electron chi connectivity index (χ4n) is 1.83. The Morgan fingerprint density at radius 1 is 1.33 bits per heavy atom. The lowest BCUT2D eigenvalue weighted by Gasteiger charge is -2.11. The third-order valence-electron chi connectivity index (χ3n) is 3.00. The zero-order valence-electron chi connectivity index (χ0n) is 10.0. The predicted octanol–water partition coefficient (Wildman–Crippen LogP) is 1.21. The summed E-state index contributed by atoms with van der Waals surface area (Å²) in [6.07, 6.45) is 1.08. The minimum atomic E-state index is -3.41. The first-order chi connectivity index (χ1) is 8.62. The Morgan fingerprint density at radius 2 is 2.06 bits per heavy atom. The van der Waals surface area contributed by atoms with Crippen LogP contribution in [0.5, 0.6) is 0 Å². The van der Waals surface area contributed by atoms with Crippen molar-refractivity contribution in [2.45, 2.75) is 17.9 Å². The Labute approximate surface area is 112 Å². The summed E-state index contributed by atoms with van der Waals surface area (Å²) < 4.78 is 26.7. The van der Waals surface area contributed by atoms with E-state index in [9.17, 15) is 8.42 Å². The minimum Gasteiger partial charge on any atom is -0.392 e. The van der Waals surface area contributed by atoms with Crippen LogP contribution >= 0.6 is 11.8 Å². The average Bonchev–Trinajstić information content (AvgIpc) is 2.90. The highest BCUT2D eigenvalue weighted by Gasteiger charge is 2.19. The number of sulfonamides is 1. The molecule has 1 aromatic rings. The van der Waals surface area contributed by atoms with E-state index in [1.165, 1.54) is 12.1 Å². The van der Waals surface area contributed by atoms with Gasteiger partial charge >= 0.3 is 0 Å². The largest absolute Gasteiger partial charge is 0.392 e. The lowest BCUT2D eigenvalue weighted by atomic mass is 10.1. The maximum Gasteiger partial charge on any atom is 0.240 e. The summed E-state index contributed by atoms with van der Waals surface area (Å²) in [5.74, 6) is 2.60. The molecule has 1 heterocycles. The standard InChI is InChI=1S/C12H17NO3S2/c14-8-10-1-3-12(4-2-10)18(15,16)13-7-11-5-6-17-9-11/h1-4,11,13-14H,5-9H2. The van der Waals surface area contributed by atoms with Gasteiger partial charge in [-0.05, 0) is 41.5 Å². The second kappa shape index (κ2) is 6.06. The number of aliphatic hydroxyl groups is 1. The molecule has 4 nitrogen and oxygen atoms in total. The molecule has 1 atom stereocenters. The van der Waals surface area contributed by atoms with Gasteiger partial charge < -0.3 is 5.11 Å². The van der Waals surface area contributed by atoms with E-state index in [-0.39, 0.29) is 11.5 Å². The predicted molar refractivity (Wildman–Crippen MR) is 73.0 cm³/mol. The first kappa shape index (κ1) is 13.9. The molecule has 6 heteroatoms. The number of nitrogens with one attached hydrogen (secondary N) is 1. The van der Waals surface area contributed by atoms with Gasteiger partial charge in [0, 0.05) is 6.54 Å². The highest BCUT2D eigenvalue weighted by Crippen LogP contribution is 2.23. The van der Waals surface area contributed by atoms with Crippen molar-refractivity contribution in [3.05, 3.63) is 29.8 Å². The molecule has 0 radical (unpaired) electrons. The normalized spacial score (nSPS) is 20.2. The van der Waals surface area contributed by atoms with Gasteiger partial charge in [-0.2, -0.15) is 11.8 Å². The van der Waals surface area contributed by atoms with Gasteiger partial charge in [-0.1, -0.05) is 12.1 Å². The highest BCUT2D eigenvalue weighted by atomic mass is 32.2. The van der Waals surface area contributed by atoms with Crippen LogP contribution in [-0.4, -0.2) is 31.6 Å². The third-order valence-corrected chi connectivity index (χ3v) is 5.67. The fraction of sp³-hybridized carbons (Fsp3) is 0.500. The summed E-state index contributed by atoms with van der Waals surface area (Å²) in [6.45, 7) is 0.435. The molecular formula is C12H17NO3S2. The second-order valence-corrected chi connectivity index (χ2v) is 7.30. The monoisotopic (exact) mass is 287 g/mol. The Balaban J connectivity index is 2.00. The third kappa shape index (κ3) is 3.47. The van der Waals surface area contributed by atoms with Crippen LogP contribution in [0.2, 0.25) is 0 Å². The molecule has 18 heavy (non-hydrogen) atoms. The van der Waals surface area contributed by atoms with Gasteiger partial charge in [-0.15, -0.1) is 0 Å². The summed E-state index contributed by atoms with van der Waals surface area (Å²) in [6, 6.07) is 6.30. The first-order valence-electron chi connectivity index (χ1n) is 5.89. The number of hydrogen-bond acceptors (Lipinski definition) is 4. The van der Waals surface area contributed by atoms with Crippen LogP contribution in [0, 0.1) is 5.92 Å². The summed E-state index contributed by atoms with van der Waals surface area (Å²) in [4.78, 5) is 0.255. The number of hydrogen-bond donors (Lipinski definition) is 2. The first-order valence-corrected chi connectivity index (χ1v) is 8.53. The number of aliphatic hydroxyl groups excluding tert-OH is 1. The van der Waals surface area contributed by atoms with Gasteiger partial charge in [0.15, 0.2) is 0 Å². The molecule has 0 aromatic heterocycles. The summed E-state index contributed by atoms with van der Waals surface area (Å²) in [7, 11) is -3.41. The van der Waals surface area contributed by atoms with Crippen LogP contribution < -0.4 is 4.72 Å². The van der Waals surface area contributed by atoms with Crippen LogP contribution in [0.25, 0.3) is 0 Å². The molecule has 0 spiro atoms. The molecular weight excluding hydrogens is 270 g/mol. The molecule has 0 bridgehead atoms. The molecule has 100 valence electrons. The Morgan fingerprint density at radius 3 is 2.61 bits per heavy atom. The van der Waals surface area contributed by atoms with Crippen molar-refractivity contribution in [3.8, 4) is 0 Å². The van der Waals surface area contributed by atoms with E-state index in [2.05, 4.69) is 4.72 Å². The topological polar surface area (TPSA) is 66.4 Å². The average molecular weight is 287 g/mol. The number of rotatable bonds is 5. The van der Waals surface area contributed by atoms with Gasteiger partial charge in [0.05, 0.1) is 11.5 Å². The fourth-order valence-corrected chi connectivity index (χ4v) is 4.23. The van der Waals surface area contributed by atoms with E-state index in [0.717, 1.165) is 17.9 Å². The molecule has 1 aromatic carbocycles. The SMILES string of the molecule is O=S(=O)(NCC1CCSC1)c1ccc(CO)cc1. The van der Waals surface area contributed by atoms with Gasteiger partial charge in [0.2, 0.25) is 10.0 Å². The molecule has 1 saturated heterocycles. The van der Waals surface area contributed by atoms with Gasteiger partial charge in [0.1, 0.15) is 0 Å². The smallest absolute Gasteiger partial charge is 0.240 e. The Bertz CT molecular complexity index is 479. The summed E-state index contributed by atoms with van der Waals surface area (Å²) in [5, 5.41) is 8.91. The van der Waals surface area contributed by atoms with E-state index in [0.29, 0.717) is 18.0 Å². The highest BCUT2D eigenvalue weighted by molar-refractivity contribution is 7.99. The molecule has 2 N–H and O–H groups in total. The van der Waals surface area contributed by atoms with Crippen molar-refractivity contribution in [2.75, 3.05) is 18.1 Å². The maximum atomic E-state index is 12.0. The van der Waals surface area contributed by atoms with E-state index < -0.39 is 10.0 Å². The molecule has 0 aliphatic carbocycles. The van der Waals surface area contributed by atoms with Crippen LogP contribution in [-0.2, 0) is 16.6 Å². The molecule has 1 unspecified atom stereocenters. The van der Waals surface area contributed by atoms with Crippen molar-refractivity contribution in [3.63, 3.8) is 0 Å². The van der Waals surface area contributed by atoms with Crippen LogP contribution in [0.4, 0.5) is 0 Å². The number of thioether (sulfide) groups is 1. The Kier molecular flexibility index (Phi) is 4.66. The minimum absolute atomic E-state index is 0.0763. The molecule has 1 aliphatic rings. The van der Waals surface area contributed by atoms with Crippen molar-refractivity contribution in [2.24, 2.45) is 5.92 Å².